The second kappa shape index (κ2) is 10.6. The van der Waals surface area contributed by atoms with Crippen LogP contribution in [-0.4, -0.2) is 28.5 Å². The van der Waals surface area contributed by atoms with Crippen molar-refractivity contribution in [2.75, 3.05) is 24.3 Å². The number of sulfonamides is 1. The molecule has 0 atom stereocenters. The van der Waals surface area contributed by atoms with Gasteiger partial charge in [0.2, 0.25) is 5.91 Å². The van der Waals surface area contributed by atoms with Crippen molar-refractivity contribution in [3.05, 3.63) is 82.3 Å². The van der Waals surface area contributed by atoms with Gasteiger partial charge < -0.3 is 14.8 Å². The topological polar surface area (TPSA) is 93.7 Å². The van der Waals surface area contributed by atoms with Gasteiger partial charge in [-0.1, -0.05) is 35.3 Å². The monoisotopic (exact) mass is 506 g/mol. The standard InChI is InChI=1S/C23H20Cl2N2O5S/c1-31-20-12-6-15(14-21(20)32-2)7-13-22(28)26-16-8-10-17(11-9-16)33(29,30)27-19-5-3-4-18(24)23(19)25/h3-14,27H,1-2H3,(H,26,28)/b13-7+. The summed E-state index contributed by atoms with van der Waals surface area (Å²) >= 11 is 12.0. The molecule has 1 amide bonds. The van der Waals surface area contributed by atoms with Gasteiger partial charge in [0.25, 0.3) is 10.0 Å². The van der Waals surface area contributed by atoms with Crippen molar-refractivity contribution in [2.45, 2.75) is 4.90 Å². The Labute approximate surface area is 202 Å². The number of carbonyl (C=O) groups is 1. The molecular formula is C23H20Cl2N2O5S. The molecule has 0 unspecified atom stereocenters. The Morgan fingerprint density at radius 3 is 2.30 bits per heavy atom. The van der Waals surface area contributed by atoms with E-state index in [9.17, 15) is 13.2 Å². The van der Waals surface area contributed by atoms with E-state index in [0.717, 1.165) is 5.56 Å². The largest absolute Gasteiger partial charge is 0.493 e. The summed E-state index contributed by atoms with van der Waals surface area (Å²) in [6.07, 6.45) is 2.98. The summed E-state index contributed by atoms with van der Waals surface area (Å²) in [5.41, 5.74) is 1.34. The van der Waals surface area contributed by atoms with Crippen molar-refractivity contribution in [2.24, 2.45) is 0 Å². The van der Waals surface area contributed by atoms with Crippen LogP contribution in [0.1, 0.15) is 5.56 Å². The molecule has 3 rings (SSSR count). The lowest BCUT2D eigenvalue weighted by molar-refractivity contribution is -0.111. The van der Waals surface area contributed by atoms with E-state index in [1.165, 1.54) is 43.5 Å². The smallest absolute Gasteiger partial charge is 0.261 e. The average molecular weight is 507 g/mol. The van der Waals surface area contributed by atoms with E-state index in [0.29, 0.717) is 17.2 Å². The average Bonchev–Trinajstić information content (AvgIpc) is 2.80. The van der Waals surface area contributed by atoms with E-state index >= 15 is 0 Å². The first-order chi connectivity index (χ1) is 15.7. The molecule has 3 aromatic rings. The summed E-state index contributed by atoms with van der Waals surface area (Å²) in [7, 11) is -0.828. The molecule has 0 aliphatic heterocycles. The Kier molecular flexibility index (Phi) is 7.86. The quantitative estimate of drug-likeness (QED) is 0.395. The molecule has 0 heterocycles. The highest BCUT2D eigenvalue weighted by Crippen LogP contribution is 2.31. The zero-order valence-electron chi connectivity index (χ0n) is 17.6. The number of carbonyl (C=O) groups excluding carboxylic acids is 1. The number of nitrogens with one attached hydrogen (secondary N) is 2. The molecule has 0 aliphatic rings. The van der Waals surface area contributed by atoms with Gasteiger partial charge in [0.05, 0.1) is 34.8 Å². The fourth-order valence-corrected chi connectivity index (χ4v) is 4.29. The molecule has 0 radical (unpaired) electrons. The van der Waals surface area contributed by atoms with E-state index in [1.807, 2.05) is 0 Å². The van der Waals surface area contributed by atoms with Crippen LogP contribution < -0.4 is 19.5 Å². The van der Waals surface area contributed by atoms with Gasteiger partial charge >= 0.3 is 0 Å². The molecule has 0 aromatic heterocycles. The molecule has 0 aliphatic carbocycles. The minimum absolute atomic E-state index is 0.00240. The molecule has 0 saturated heterocycles. The van der Waals surface area contributed by atoms with Crippen molar-refractivity contribution < 1.29 is 22.7 Å². The number of hydrogen-bond donors (Lipinski definition) is 2. The van der Waals surface area contributed by atoms with Gasteiger partial charge in [-0.25, -0.2) is 8.42 Å². The Bertz CT molecular complexity index is 1290. The molecule has 7 nitrogen and oxygen atoms in total. The van der Waals surface area contributed by atoms with Gasteiger partial charge in [0.15, 0.2) is 11.5 Å². The predicted molar refractivity (Wildman–Crippen MR) is 131 cm³/mol. The molecule has 0 fully saturated rings. The molecule has 10 heteroatoms. The highest BCUT2D eigenvalue weighted by atomic mass is 35.5. The van der Waals surface area contributed by atoms with Gasteiger partial charge in [0, 0.05) is 11.8 Å². The van der Waals surface area contributed by atoms with Crippen LogP contribution in [0.25, 0.3) is 6.08 Å². The Morgan fingerprint density at radius 2 is 1.64 bits per heavy atom. The molecule has 172 valence electrons. The number of halogens is 2. The van der Waals surface area contributed by atoms with Gasteiger partial charge in [-0.3, -0.25) is 9.52 Å². The fourth-order valence-electron chi connectivity index (χ4n) is 2.82. The molecule has 2 N–H and O–H groups in total. The van der Waals surface area contributed by atoms with Crippen molar-refractivity contribution in [1.82, 2.24) is 0 Å². The molecule has 33 heavy (non-hydrogen) atoms. The van der Waals surface area contributed by atoms with Gasteiger partial charge in [-0.05, 0) is 60.2 Å². The minimum atomic E-state index is -3.90. The van der Waals surface area contributed by atoms with Crippen LogP contribution in [0.5, 0.6) is 11.5 Å². The third-order valence-electron chi connectivity index (χ3n) is 4.46. The maximum absolute atomic E-state index is 12.6. The minimum Gasteiger partial charge on any atom is -0.493 e. The predicted octanol–water partition coefficient (Wildman–Crippen LogP) is 5.46. The zero-order valence-corrected chi connectivity index (χ0v) is 20.0. The van der Waals surface area contributed by atoms with Crippen molar-refractivity contribution in [1.29, 1.82) is 0 Å². The van der Waals surface area contributed by atoms with Crippen LogP contribution in [0.3, 0.4) is 0 Å². The molecular weight excluding hydrogens is 487 g/mol. The molecule has 0 spiro atoms. The highest BCUT2D eigenvalue weighted by Gasteiger charge is 2.16. The van der Waals surface area contributed by atoms with Crippen LogP contribution in [0.15, 0.2) is 71.6 Å². The van der Waals surface area contributed by atoms with Gasteiger partial charge in [0.1, 0.15) is 0 Å². The number of benzene rings is 3. The Morgan fingerprint density at radius 1 is 0.939 bits per heavy atom. The summed E-state index contributed by atoms with van der Waals surface area (Å²) in [6.45, 7) is 0. The SMILES string of the molecule is COc1ccc(/C=C/C(=O)Nc2ccc(S(=O)(=O)Nc3cccc(Cl)c3Cl)cc2)cc1OC. The summed E-state index contributed by atoms with van der Waals surface area (Å²) in [5.74, 6) is 0.745. The lowest BCUT2D eigenvalue weighted by Gasteiger charge is -2.11. The van der Waals surface area contributed by atoms with Crippen LogP contribution in [0.2, 0.25) is 10.0 Å². The van der Waals surface area contributed by atoms with Gasteiger partial charge in [-0.2, -0.15) is 0 Å². The van der Waals surface area contributed by atoms with Crippen molar-refractivity contribution in [3.63, 3.8) is 0 Å². The van der Waals surface area contributed by atoms with E-state index in [4.69, 9.17) is 32.7 Å². The van der Waals surface area contributed by atoms with Crippen molar-refractivity contribution in [3.8, 4) is 11.5 Å². The van der Waals surface area contributed by atoms with Crippen LogP contribution >= 0.6 is 23.2 Å². The van der Waals surface area contributed by atoms with E-state index in [2.05, 4.69) is 10.0 Å². The zero-order chi connectivity index (χ0) is 24.0. The Hall–Kier alpha value is -3.20. The number of amides is 1. The summed E-state index contributed by atoms with van der Waals surface area (Å²) in [4.78, 5) is 12.2. The third-order valence-corrected chi connectivity index (χ3v) is 6.66. The number of anilines is 2. The van der Waals surface area contributed by atoms with Crippen LogP contribution in [0, 0.1) is 0 Å². The summed E-state index contributed by atoms with van der Waals surface area (Å²) < 4.78 is 38.1. The first kappa shape index (κ1) is 24.4. The highest BCUT2D eigenvalue weighted by molar-refractivity contribution is 7.92. The second-order valence-corrected chi connectivity index (χ2v) is 9.14. The van der Waals surface area contributed by atoms with E-state index in [1.54, 1.807) is 43.5 Å². The lowest BCUT2D eigenvalue weighted by Crippen LogP contribution is -2.13. The summed E-state index contributed by atoms with van der Waals surface area (Å²) in [5, 5.41) is 3.01. The number of methoxy groups -OCH3 is 2. The van der Waals surface area contributed by atoms with E-state index in [-0.39, 0.29) is 26.5 Å². The number of ether oxygens (including phenoxy) is 2. The summed E-state index contributed by atoms with van der Waals surface area (Å²) in [6, 6.07) is 15.6. The Balaban J connectivity index is 1.67. The maximum atomic E-state index is 12.6. The second-order valence-electron chi connectivity index (χ2n) is 6.67. The normalized spacial score (nSPS) is 11.3. The number of hydrogen-bond acceptors (Lipinski definition) is 5. The first-order valence-electron chi connectivity index (χ1n) is 9.51. The van der Waals surface area contributed by atoms with Crippen LogP contribution in [-0.2, 0) is 14.8 Å². The molecule has 0 bridgehead atoms. The first-order valence-corrected chi connectivity index (χ1v) is 11.8. The van der Waals surface area contributed by atoms with E-state index < -0.39 is 10.0 Å². The van der Waals surface area contributed by atoms with Gasteiger partial charge in [-0.15, -0.1) is 0 Å². The lowest BCUT2D eigenvalue weighted by atomic mass is 10.2. The van der Waals surface area contributed by atoms with Crippen molar-refractivity contribution >= 4 is 56.6 Å². The van der Waals surface area contributed by atoms with Crippen LogP contribution in [0.4, 0.5) is 11.4 Å². The third kappa shape index (κ3) is 6.19. The molecule has 0 saturated carbocycles. The fraction of sp³-hybridized carbons (Fsp3) is 0.0870. The number of rotatable bonds is 8. The molecule has 3 aromatic carbocycles. The maximum Gasteiger partial charge on any atom is 0.261 e.